The highest BCUT2D eigenvalue weighted by Crippen LogP contribution is 2.14. The summed E-state index contributed by atoms with van der Waals surface area (Å²) in [6, 6.07) is 7.06. The summed E-state index contributed by atoms with van der Waals surface area (Å²) < 4.78 is 10.7. The van der Waals surface area contributed by atoms with Gasteiger partial charge in [0.1, 0.15) is 18.1 Å². The highest BCUT2D eigenvalue weighted by molar-refractivity contribution is 5.74. The van der Waals surface area contributed by atoms with E-state index in [4.69, 9.17) is 9.47 Å². The van der Waals surface area contributed by atoms with E-state index in [0.29, 0.717) is 12.2 Å². The first-order valence-electron chi connectivity index (χ1n) is 6.01. The summed E-state index contributed by atoms with van der Waals surface area (Å²) in [7, 11) is 1.65. The Balaban J connectivity index is 0.00000121. The van der Waals surface area contributed by atoms with Gasteiger partial charge in [-0.05, 0) is 30.7 Å². The van der Waals surface area contributed by atoms with Gasteiger partial charge in [-0.2, -0.15) is 0 Å². The van der Waals surface area contributed by atoms with Crippen molar-refractivity contribution >= 4 is 6.29 Å². The normalized spacial score (nSPS) is 11.1. The molecule has 3 nitrogen and oxygen atoms in total. The first-order valence-corrected chi connectivity index (χ1v) is 6.01. The van der Waals surface area contributed by atoms with Crippen LogP contribution in [-0.4, -0.2) is 26.1 Å². The summed E-state index contributed by atoms with van der Waals surface area (Å²) in [5.41, 5.74) is 0.655. The van der Waals surface area contributed by atoms with Crippen molar-refractivity contribution in [2.24, 2.45) is 0 Å². The molecule has 1 rings (SSSR count). The number of ether oxygens (including phenoxy) is 2. The van der Waals surface area contributed by atoms with Gasteiger partial charge in [0.2, 0.25) is 0 Å². The van der Waals surface area contributed by atoms with Crippen molar-refractivity contribution < 1.29 is 14.3 Å². The molecule has 3 heteroatoms. The highest BCUT2D eigenvalue weighted by Gasteiger charge is 2.06. The molecule has 1 unspecified atom stereocenters. The monoisotopic (exact) mass is 238 g/mol. The summed E-state index contributed by atoms with van der Waals surface area (Å²) in [6.07, 6.45) is 1.77. The quantitative estimate of drug-likeness (QED) is 0.713. The van der Waals surface area contributed by atoms with Crippen LogP contribution in [-0.2, 0) is 4.74 Å². The van der Waals surface area contributed by atoms with Crippen LogP contribution in [0, 0.1) is 0 Å². The zero-order chi connectivity index (χ0) is 13.1. The van der Waals surface area contributed by atoms with Crippen LogP contribution in [0.3, 0.4) is 0 Å². The van der Waals surface area contributed by atoms with E-state index >= 15 is 0 Å². The average Bonchev–Trinajstić information content (AvgIpc) is 2.41. The fourth-order valence-corrected chi connectivity index (χ4v) is 1.24. The Kier molecular flexibility index (Phi) is 9.06. The molecule has 0 aliphatic heterocycles. The van der Waals surface area contributed by atoms with Gasteiger partial charge in [0.15, 0.2) is 0 Å². The van der Waals surface area contributed by atoms with Crippen LogP contribution in [0.4, 0.5) is 0 Å². The van der Waals surface area contributed by atoms with Gasteiger partial charge in [0, 0.05) is 12.7 Å². The Hall–Kier alpha value is -1.35. The second-order valence-electron chi connectivity index (χ2n) is 3.29. The summed E-state index contributed by atoms with van der Waals surface area (Å²) in [5.74, 6) is 0.768. The van der Waals surface area contributed by atoms with E-state index < -0.39 is 0 Å². The molecule has 0 spiro atoms. The Morgan fingerprint density at radius 1 is 1.24 bits per heavy atom. The molecule has 0 saturated carbocycles. The molecule has 0 radical (unpaired) electrons. The minimum absolute atomic E-state index is 0.0667. The molecular weight excluding hydrogens is 216 g/mol. The number of hydrogen-bond donors (Lipinski definition) is 0. The van der Waals surface area contributed by atoms with Crippen molar-refractivity contribution in [1.29, 1.82) is 0 Å². The third kappa shape index (κ3) is 6.07. The Morgan fingerprint density at radius 3 is 2.24 bits per heavy atom. The predicted octanol–water partition coefficient (Wildman–Crippen LogP) is 3.33. The number of rotatable bonds is 6. The standard InChI is InChI=1S/C12H16O3.C2H6/c1-3-11(9-14-2)15-12-6-4-10(8-13)5-7-12;1-2/h4-8,11H,3,9H2,1-2H3;1-2H3. The van der Waals surface area contributed by atoms with Crippen molar-refractivity contribution in [1.82, 2.24) is 0 Å². The number of carbonyl (C=O) groups excluding carboxylic acids is 1. The SMILES string of the molecule is CC.CCC(COC)Oc1ccc(C=O)cc1. The number of aldehydes is 1. The van der Waals surface area contributed by atoms with Gasteiger partial charge < -0.3 is 9.47 Å². The Bertz CT molecular complexity index is 293. The zero-order valence-electron chi connectivity index (χ0n) is 11.1. The van der Waals surface area contributed by atoms with Crippen molar-refractivity contribution in [3.8, 4) is 5.75 Å². The van der Waals surface area contributed by atoms with E-state index in [1.807, 2.05) is 20.8 Å². The van der Waals surface area contributed by atoms with Gasteiger partial charge in [-0.1, -0.05) is 20.8 Å². The maximum Gasteiger partial charge on any atom is 0.150 e. The summed E-state index contributed by atoms with van der Waals surface area (Å²) in [5, 5.41) is 0. The Morgan fingerprint density at radius 2 is 1.82 bits per heavy atom. The van der Waals surface area contributed by atoms with Crippen LogP contribution in [0.25, 0.3) is 0 Å². The highest BCUT2D eigenvalue weighted by atomic mass is 16.5. The van der Waals surface area contributed by atoms with Gasteiger partial charge in [-0.3, -0.25) is 4.79 Å². The van der Waals surface area contributed by atoms with E-state index in [9.17, 15) is 4.79 Å². The maximum absolute atomic E-state index is 10.4. The van der Waals surface area contributed by atoms with Crippen LogP contribution in [0.1, 0.15) is 37.6 Å². The molecule has 0 aliphatic carbocycles. The fraction of sp³-hybridized carbons (Fsp3) is 0.500. The minimum Gasteiger partial charge on any atom is -0.488 e. The molecule has 0 fully saturated rings. The molecule has 0 aromatic heterocycles. The van der Waals surface area contributed by atoms with E-state index in [0.717, 1.165) is 18.5 Å². The zero-order valence-corrected chi connectivity index (χ0v) is 11.1. The lowest BCUT2D eigenvalue weighted by molar-refractivity contribution is 0.0788. The third-order valence-electron chi connectivity index (χ3n) is 2.13. The fourth-order valence-electron chi connectivity index (χ4n) is 1.24. The van der Waals surface area contributed by atoms with E-state index in [-0.39, 0.29) is 6.10 Å². The van der Waals surface area contributed by atoms with Gasteiger partial charge in [0.25, 0.3) is 0 Å². The summed E-state index contributed by atoms with van der Waals surface area (Å²) >= 11 is 0. The van der Waals surface area contributed by atoms with Crippen molar-refractivity contribution in [3.63, 3.8) is 0 Å². The lowest BCUT2D eigenvalue weighted by atomic mass is 10.2. The van der Waals surface area contributed by atoms with E-state index in [1.165, 1.54) is 0 Å². The molecule has 0 saturated heterocycles. The number of methoxy groups -OCH3 is 1. The van der Waals surface area contributed by atoms with Crippen molar-refractivity contribution in [3.05, 3.63) is 29.8 Å². The van der Waals surface area contributed by atoms with Gasteiger partial charge in [0.05, 0.1) is 6.61 Å². The third-order valence-corrected chi connectivity index (χ3v) is 2.13. The number of carbonyl (C=O) groups is 1. The van der Waals surface area contributed by atoms with Gasteiger partial charge in [-0.15, -0.1) is 0 Å². The molecule has 0 N–H and O–H groups in total. The predicted molar refractivity (Wildman–Crippen MR) is 69.8 cm³/mol. The lowest BCUT2D eigenvalue weighted by Crippen LogP contribution is -2.21. The molecule has 17 heavy (non-hydrogen) atoms. The minimum atomic E-state index is 0.0667. The maximum atomic E-state index is 10.4. The molecule has 0 aliphatic rings. The first kappa shape index (κ1) is 15.7. The summed E-state index contributed by atoms with van der Waals surface area (Å²) in [6.45, 7) is 6.62. The largest absolute Gasteiger partial charge is 0.488 e. The molecule has 1 atom stereocenters. The van der Waals surface area contributed by atoms with E-state index in [2.05, 4.69) is 0 Å². The van der Waals surface area contributed by atoms with Crippen LogP contribution in [0.15, 0.2) is 24.3 Å². The average molecular weight is 238 g/mol. The molecule has 0 heterocycles. The van der Waals surface area contributed by atoms with Crippen LogP contribution in [0.5, 0.6) is 5.75 Å². The topological polar surface area (TPSA) is 35.5 Å². The molecule has 1 aromatic rings. The van der Waals surface area contributed by atoms with Gasteiger partial charge in [-0.25, -0.2) is 0 Å². The lowest BCUT2D eigenvalue weighted by Gasteiger charge is -2.16. The smallest absolute Gasteiger partial charge is 0.150 e. The van der Waals surface area contributed by atoms with Crippen molar-refractivity contribution in [2.45, 2.75) is 33.3 Å². The van der Waals surface area contributed by atoms with E-state index in [1.54, 1.807) is 31.4 Å². The molecule has 0 amide bonds. The Labute approximate surface area is 104 Å². The molecule has 0 bridgehead atoms. The number of hydrogen-bond acceptors (Lipinski definition) is 3. The van der Waals surface area contributed by atoms with Crippen LogP contribution in [0.2, 0.25) is 0 Å². The summed E-state index contributed by atoms with van der Waals surface area (Å²) in [4.78, 5) is 10.4. The van der Waals surface area contributed by atoms with Crippen LogP contribution >= 0.6 is 0 Å². The van der Waals surface area contributed by atoms with Gasteiger partial charge >= 0.3 is 0 Å². The second-order valence-corrected chi connectivity index (χ2v) is 3.29. The van der Waals surface area contributed by atoms with Crippen molar-refractivity contribution in [2.75, 3.05) is 13.7 Å². The van der Waals surface area contributed by atoms with Crippen LogP contribution < -0.4 is 4.74 Å². The second kappa shape index (κ2) is 9.85. The first-order chi connectivity index (χ1) is 8.30. The molecule has 96 valence electrons. The number of benzene rings is 1. The molecule has 1 aromatic carbocycles. The molecular formula is C14H22O3.